The number of likely N-dealkylation sites (N-methyl/N-ethyl adjacent to an activating group) is 1. The highest BCUT2D eigenvalue weighted by atomic mass is 35.6. The number of amides is 1. The number of amidine groups is 1. The second kappa shape index (κ2) is 5.91. The van der Waals surface area contributed by atoms with E-state index in [-0.39, 0.29) is 12.5 Å². The summed E-state index contributed by atoms with van der Waals surface area (Å²) in [6.45, 7) is -0.120. The van der Waals surface area contributed by atoms with E-state index in [0.717, 1.165) is 0 Å². The first-order chi connectivity index (χ1) is 9.66. The van der Waals surface area contributed by atoms with E-state index < -0.39 is 19.8 Å². The lowest BCUT2D eigenvalue weighted by atomic mass is 10.3. The maximum atomic E-state index is 13.1. The van der Waals surface area contributed by atoms with E-state index in [2.05, 4.69) is 4.99 Å². The highest BCUT2D eigenvalue weighted by Gasteiger charge is 2.46. The molecule has 0 aliphatic carbocycles. The molecular formula is C12H11Cl4N3O2. The fraction of sp³-hybridized carbons (Fsp3) is 0.333. The second-order valence-corrected chi connectivity index (χ2v) is 7.33. The zero-order valence-corrected chi connectivity index (χ0v) is 13.9. The predicted octanol–water partition coefficient (Wildman–Crippen LogP) is 3.25. The number of rotatable bonds is 2. The van der Waals surface area contributed by atoms with Crippen molar-refractivity contribution in [3.8, 4) is 0 Å². The van der Waals surface area contributed by atoms with Crippen LogP contribution >= 0.6 is 46.4 Å². The van der Waals surface area contributed by atoms with Gasteiger partial charge in [0, 0.05) is 7.05 Å². The molecule has 0 radical (unpaired) electrons. The van der Waals surface area contributed by atoms with Gasteiger partial charge in [-0.15, -0.1) is 0 Å². The molecule has 0 aromatic heterocycles. The van der Waals surface area contributed by atoms with Crippen LogP contribution in [0.25, 0.3) is 0 Å². The van der Waals surface area contributed by atoms with Gasteiger partial charge in [0.05, 0.1) is 0 Å². The minimum Gasteiger partial charge on any atom is -0.619 e. The van der Waals surface area contributed by atoms with Crippen LogP contribution < -0.4 is 4.65 Å². The summed E-state index contributed by atoms with van der Waals surface area (Å²) >= 11 is 22.8. The van der Waals surface area contributed by atoms with Gasteiger partial charge in [0.25, 0.3) is 5.84 Å². The fourth-order valence-corrected chi connectivity index (χ4v) is 2.20. The van der Waals surface area contributed by atoms with Crippen molar-refractivity contribution < 1.29 is 4.79 Å². The number of benzene rings is 1. The monoisotopic (exact) mass is 369 g/mol. The summed E-state index contributed by atoms with van der Waals surface area (Å²) < 4.78 is -2.99. The minimum atomic E-state index is -1.92. The number of halogens is 4. The highest BCUT2D eigenvalue weighted by molar-refractivity contribution is 6.70. The lowest BCUT2D eigenvalue weighted by molar-refractivity contribution is -0.121. The molecule has 1 heterocycles. The molecule has 21 heavy (non-hydrogen) atoms. The maximum absolute atomic E-state index is 13.1. The Labute approximate surface area is 141 Å². The Morgan fingerprint density at radius 2 is 1.90 bits per heavy atom. The first-order valence-corrected chi connectivity index (χ1v) is 7.42. The number of hydroxylamine groups is 2. The molecule has 2 atom stereocenters. The van der Waals surface area contributed by atoms with E-state index in [1.54, 1.807) is 30.3 Å². The molecule has 114 valence electrons. The normalized spacial score (nSPS) is 26.5. The van der Waals surface area contributed by atoms with Crippen LogP contribution in [0.3, 0.4) is 0 Å². The summed E-state index contributed by atoms with van der Waals surface area (Å²) in [7, 11) is 1.50. The Morgan fingerprint density at radius 1 is 1.33 bits per heavy atom. The first kappa shape index (κ1) is 16.8. The third-order valence-corrected chi connectivity index (χ3v) is 4.35. The number of quaternary nitrogens is 1. The van der Waals surface area contributed by atoms with Crippen molar-refractivity contribution in [3.63, 3.8) is 0 Å². The van der Waals surface area contributed by atoms with E-state index in [1.807, 2.05) is 0 Å². The third-order valence-electron chi connectivity index (χ3n) is 2.97. The van der Waals surface area contributed by atoms with Gasteiger partial charge in [-0.3, -0.25) is 14.3 Å². The molecule has 1 aromatic carbocycles. The van der Waals surface area contributed by atoms with Gasteiger partial charge in [0.15, 0.2) is 12.2 Å². The van der Waals surface area contributed by atoms with Gasteiger partial charge in [-0.2, -0.15) is 0 Å². The van der Waals surface area contributed by atoms with Crippen molar-refractivity contribution in [1.29, 1.82) is 0 Å². The summed E-state index contributed by atoms with van der Waals surface area (Å²) in [5.41, 5.74) is -0.995. The van der Waals surface area contributed by atoms with Crippen LogP contribution in [0.15, 0.2) is 35.3 Å². The molecule has 1 aliphatic rings. The molecule has 1 saturated heterocycles. The molecule has 5 nitrogen and oxygen atoms in total. The lowest BCUT2D eigenvalue weighted by Crippen LogP contribution is -2.47. The van der Waals surface area contributed by atoms with Gasteiger partial charge in [-0.1, -0.05) is 64.6 Å². The van der Waals surface area contributed by atoms with E-state index in [4.69, 9.17) is 46.4 Å². The first-order valence-electron chi connectivity index (χ1n) is 5.85. The van der Waals surface area contributed by atoms with E-state index >= 15 is 0 Å². The molecule has 0 bridgehead atoms. The number of nitrogens with zero attached hydrogens (tertiary/aromatic N) is 3. The lowest BCUT2D eigenvalue weighted by Gasteiger charge is -2.35. The van der Waals surface area contributed by atoms with Crippen LogP contribution in [-0.2, 0) is 4.79 Å². The van der Waals surface area contributed by atoms with Crippen LogP contribution in [0, 0.1) is 5.21 Å². The number of carbonyl (C=O) groups excluding carboxylic acids is 1. The summed E-state index contributed by atoms with van der Waals surface area (Å²) in [5.74, 6) is -0.858. The maximum Gasteiger partial charge on any atom is 0.333 e. The smallest absolute Gasteiger partial charge is 0.333 e. The number of aliphatic imine (C=N–C) groups is 1. The molecule has 0 spiro atoms. The van der Waals surface area contributed by atoms with Crippen molar-refractivity contribution in [1.82, 2.24) is 9.55 Å². The third kappa shape index (κ3) is 3.28. The van der Waals surface area contributed by atoms with Crippen molar-refractivity contribution >= 4 is 63.8 Å². The summed E-state index contributed by atoms with van der Waals surface area (Å²) in [6, 6.07) is 8.36. The van der Waals surface area contributed by atoms with Crippen molar-refractivity contribution in [3.05, 3.63) is 35.5 Å². The highest BCUT2D eigenvalue weighted by Crippen LogP contribution is 2.36. The molecule has 2 unspecified atom stereocenters. The molecule has 1 amide bonds. The molecule has 0 saturated carbocycles. The molecular weight excluding hydrogens is 360 g/mol. The standard InChI is InChI=1S/C12H11Cl4N3O2/c1-18-7-19(21,8-5-3-2-4-6-8)9(10(18)20)17-11(13)12(14,15)16/h2-6,11H,7H2,1H3. The van der Waals surface area contributed by atoms with Crippen LogP contribution in [-0.4, -0.2) is 39.7 Å². The average Bonchev–Trinajstić information content (AvgIpc) is 2.63. The predicted molar refractivity (Wildman–Crippen MR) is 86.6 cm³/mol. The van der Waals surface area contributed by atoms with Gasteiger partial charge in [-0.05, 0) is 12.1 Å². The molecule has 1 aromatic rings. The van der Waals surface area contributed by atoms with Crippen molar-refractivity contribution in [2.24, 2.45) is 4.99 Å². The van der Waals surface area contributed by atoms with Crippen molar-refractivity contribution in [2.45, 2.75) is 9.29 Å². The number of para-hydroxylation sites is 1. The fourth-order valence-electron chi connectivity index (χ4n) is 1.96. The van der Waals surface area contributed by atoms with Crippen LogP contribution in [0.5, 0.6) is 0 Å². The van der Waals surface area contributed by atoms with E-state index in [1.165, 1.54) is 11.9 Å². The quantitative estimate of drug-likeness (QED) is 0.347. The second-order valence-electron chi connectivity index (χ2n) is 4.55. The molecule has 9 heteroatoms. The summed E-state index contributed by atoms with van der Waals surface area (Å²) in [6.07, 6.45) is 0. The molecule has 1 fully saturated rings. The summed E-state index contributed by atoms with van der Waals surface area (Å²) in [4.78, 5) is 17.3. The van der Waals surface area contributed by atoms with Gasteiger partial charge < -0.3 is 5.21 Å². The zero-order valence-electron chi connectivity index (χ0n) is 10.8. The number of alkyl halides is 4. The van der Waals surface area contributed by atoms with Gasteiger partial charge in [0.1, 0.15) is 5.69 Å². The van der Waals surface area contributed by atoms with E-state index in [0.29, 0.717) is 5.69 Å². The Balaban J connectivity index is 2.50. The summed E-state index contributed by atoms with van der Waals surface area (Å²) in [5, 5.41) is 13.1. The zero-order chi connectivity index (χ0) is 15.8. The largest absolute Gasteiger partial charge is 0.619 e. The molecule has 1 aliphatic heterocycles. The van der Waals surface area contributed by atoms with Crippen LogP contribution in [0.2, 0.25) is 0 Å². The number of carbonyl (C=O) groups is 1. The Morgan fingerprint density at radius 3 is 2.43 bits per heavy atom. The Bertz CT molecular complexity index is 576. The van der Waals surface area contributed by atoms with Gasteiger partial charge >= 0.3 is 5.91 Å². The Hall–Kier alpha value is -0.560. The van der Waals surface area contributed by atoms with Gasteiger partial charge in [-0.25, -0.2) is 4.99 Å². The minimum absolute atomic E-state index is 0.120. The van der Waals surface area contributed by atoms with Crippen LogP contribution in [0.4, 0.5) is 5.69 Å². The number of hydrogen-bond donors (Lipinski definition) is 0. The SMILES string of the molecule is CN1C[N+]([O-])(c2ccccc2)C(=NC(Cl)C(Cl)(Cl)Cl)C1=O. The van der Waals surface area contributed by atoms with Crippen molar-refractivity contribution in [2.75, 3.05) is 13.7 Å². The van der Waals surface area contributed by atoms with Crippen LogP contribution in [0.1, 0.15) is 0 Å². The van der Waals surface area contributed by atoms with Gasteiger partial charge in [0.2, 0.25) is 3.79 Å². The topological polar surface area (TPSA) is 55.7 Å². The Kier molecular flexibility index (Phi) is 4.73. The average molecular weight is 371 g/mol. The molecule has 0 N–H and O–H groups in total. The van der Waals surface area contributed by atoms with E-state index in [9.17, 15) is 10.0 Å². The molecule has 2 rings (SSSR count). The number of hydrogen-bond acceptors (Lipinski definition) is 3.